The normalized spacial score (nSPS) is 12.2. The monoisotopic (exact) mass is 553 g/mol. The van der Waals surface area contributed by atoms with Crippen LogP contribution in [0.2, 0.25) is 0 Å². The molecule has 3 heteroatoms. The van der Waals surface area contributed by atoms with Crippen molar-refractivity contribution in [3.05, 3.63) is 0 Å². The zero-order valence-corrected chi connectivity index (χ0v) is 27.0. The van der Waals surface area contributed by atoms with E-state index in [0.29, 0.717) is 13.0 Å². The molecule has 0 radical (unpaired) electrons. The third-order valence-electron chi connectivity index (χ3n) is 8.32. The Morgan fingerprint density at radius 1 is 0.462 bits per heavy atom. The molecule has 0 aliphatic heterocycles. The number of esters is 1. The number of rotatable bonds is 33. The molecule has 234 valence electrons. The highest BCUT2D eigenvalue weighted by Gasteiger charge is 2.05. The predicted octanol–water partition coefficient (Wildman–Crippen LogP) is 12.0. The fourth-order valence-electron chi connectivity index (χ4n) is 5.57. The van der Waals surface area contributed by atoms with Gasteiger partial charge in [0.05, 0.1) is 12.7 Å². The molecule has 0 spiro atoms. The van der Waals surface area contributed by atoms with Crippen LogP contribution in [0.1, 0.15) is 213 Å². The lowest BCUT2D eigenvalue weighted by Crippen LogP contribution is -2.06. The summed E-state index contributed by atoms with van der Waals surface area (Å²) in [5.74, 6) is -0.0129. The number of hydrogen-bond acceptors (Lipinski definition) is 3. The van der Waals surface area contributed by atoms with E-state index >= 15 is 0 Å². The van der Waals surface area contributed by atoms with Crippen molar-refractivity contribution in [2.24, 2.45) is 0 Å². The Kier molecular flexibility index (Phi) is 33.1. The number of aliphatic hydroxyl groups excluding tert-OH is 1. The molecule has 0 heterocycles. The van der Waals surface area contributed by atoms with Gasteiger partial charge in [-0.15, -0.1) is 0 Å². The SMILES string of the molecule is CCCCCCCCCCCCCCCCCCOC(=O)CCCCCCCC(O)CCCCCCCCC. The van der Waals surface area contributed by atoms with Gasteiger partial charge in [-0.3, -0.25) is 4.79 Å². The number of carbonyl (C=O) groups excluding carboxylic acids is 1. The van der Waals surface area contributed by atoms with Crippen molar-refractivity contribution in [2.45, 2.75) is 219 Å². The zero-order valence-electron chi connectivity index (χ0n) is 27.0. The number of carbonyl (C=O) groups is 1. The van der Waals surface area contributed by atoms with Crippen LogP contribution in [0.15, 0.2) is 0 Å². The lowest BCUT2D eigenvalue weighted by molar-refractivity contribution is -0.143. The molecular weight excluding hydrogens is 480 g/mol. The summed E-state index contributed by atoms with van der Waals surface area (Å²) in [4.78, 5) is 11.9. The van der Waals surface area contributed by atoms with Crippen LogP contribution in [0.3, 0.4) is 0 Å². The predicted molar refractivity (Wildman–Crippen MR) is 171 cm³/mol. The maximum Gasteiger partial charge on any atom is 0.305 e. The molecule has 0 aromatic carbocycles. The Morgan fingerprint density at radius 2 is 0.769 bits per heavy atom. The van der Waals surface area contributed by atoms with Gasteiger partial charge in [-0.05, 0) is 25.7 Å². The largest absolute Gasteiger partial charge is 0.466 e. The van der Waals surface area contributed by atoms with E-state index in [1.54, 1.807) is 0 Å². The number of aliphatic hydroxyl groups is 1. The molecule has 0 bridgehead atoms. The highest BCUT2D eigenvalue weighted by molar-refractivity contribution is 5.69. The van der Waals surface area contributed by atoms with Gasteiger partial charge in [-0.25, -0.2) is 0 Å². The molecule has 1 unspecified atom stereocenters. The Labute approximate surface area is 246 Å². The molecule has 0 rings (SSSR count). The Balaban J connectivity index is 3.22. The van der Waals surface area contributed by atoms with Crippen molar-refractivity contribution in [2.75, 3.05) is 6.61 Å². The third kappa shape index (κ3) is 33.5. The van der Waals surface area contributed by atoms with Gasteiger partial charge in [0.25, 0.3) is 0 Å². The minimum Gasteiger partial charge on any atom is -0.466 e. The standard InChI is InChI=1S/C36H72O3/c1-3-5-7-9-11-12-13-14-15-16-17-18-19-21-26-30-34-39-36(38)33-29-25-22-24-28-32-35(37)31-27-23-20-10-8-6-4-2/h35,37H,3-34H2,1-2H3. The molecule has 0 saturated heterocycles. The average molecular weight is 553 g/mol. The minimum atomic E-state index is -0.111. The van der Waals surface area contributed by atoms with Crippen LogP contribution < -0.4 is 0 Å². The van der Waals surface area contributed by atoms with Crippen LogP contribution >= 0.6 is 0 Å². The second kappa shape index (κ2) is 33.6. The molecule has 0 aliphatic carbocycles. The van der Waals surface area contributed by atoms with E-state index in [4.69, 9.17) is 4.74 Å². The summed E-state index contributed by atoms with van der Waals surface area (Å²) < 4.78 is 5.42. The Bertz CT molecular complexity index is 464. The smallest absolute Gasteiger partial charge is 0.305 e. The van der Waals surface area contributed by atoms with Gasteiger partial charge in [0.15, 0.2) is 0 Å². The van der Waals surface area contributed by atoms with Crippen LogP contribution in [-0.4, -0.2) is 23.8 Å². The second-order valence-corrected chi connectivity index (χ2v) is 12.4. The van der Waals surface area contributed by atoms with Crippen molar-refractivity contribution in [1.82, 2.24) is 0 Å². The van der Waals surface area contributed by atoms with Gasteiger partial charge >= 0.3 is 5.97 Å². The molecule has 0 saturated carbocycles. The first kappa shape index (κ1) is 38.4. The number of hydrogen-bond donors (Lipinski definition) is 1. The van der Waals surface area contributed by atoms with E-state index < -0.39 is 0 Å². The minimum absolute atomic E-state index is 0.0129. The summed E-state index contributed by atoms with van der Waals surface area (Å²) in [6, 6.07) is 0. The molecule has 0 aromatic heterocycles. The van der Waals surface area contributed by atoms with Crippen molar-refractivity contribution < 1.29 is 14.6 Å². The second-order valence-electron chi connectivity index (χ2n) is 12.4. The van der Waals surface area contributed by atoms with Crippen molar-refractivity contribution in [1.29, 1.82) is 0 Å². The topological polar surface area (TPSA) is 46.5 Å². The first-order valence-corrected chi connectivity index (χ1v) is 18.0. The molecule has 0 amide bonds. The maximum atomic E-state index is 11.9. The Morgan fingerprint density at radius 3 is 1.15 bits per heavy atom. The van der Waals surface area contributed by atoms with E-state index in [2.05, 4.69) is 13.8 Å². The molecule has 3 nitrogen and oxygen atoms in total. The molecule has 0 aromatic rings. The van der Waals surface area contributed by atoms with Gasteiger partial charge in [0.2, 0.25) is 0 Å². The van der Waals surface area contributed by atoms with Gasteiger partial charge in [0, 0.05) is 6.42 Å². The summed E-state index contributed by atoms with van der Waals surface area (Å²) in [7, 11) is 0. The van der Waals surface area contributed by atoms with Gasteiger partial charge in [-0.1, -0.05) is 181 Å². The summed E-state index contributed by atoms with van der Waals surface area (Å²) in [6.07, 6.45) is 38.9. The lowest BCUT2D eigenvalue weighted by Gasteiger charge is -2.10. The van der Waals surface area contributed by atoms with Crippen molar-refractivity contribution in [3.8, 4) is 0 Å². The highest BCUT2D eigenvalue weighted by atomic mass is 16.5. The fourth-order valence-corrected chi connectivity index (χ4v) is 5.57. The third-order valence-corrected chi connectivity index (χ3v) is 8.32. The molecular formula is C36H72O3. The number of unbranched alkanes of at least 4 members (excludes halogenated alkanes) is 25. The zero-order chi connectivity index (χ0) is 28.5. The summed E-state index contributed by atoms with van der Waals surface area (Å²) in [5, 5.41) is 10.1. The van der Waals surface area contributed by atoms with E-state index in [-0.39, 0.29) is 12.1 Å². The molecule has 0 aliphatic rings. The van der Waals surface area contributed by atoms with Crippen LogP contribution in [-0.2, 0) is 9.53 Å². The molecule has 0 fully saturated rings. The van der Waals surface area contributed by atoms with Gasteiger partial charge in [0.1, 0.15) is 0 Å². The first-order chi connectivity index (χ1) is 19.2. The first-order valence-electron chi connectivity index (χ1n) is 18.0. The Hall–Kier alpha value is -0.570. The van der Waals surface area contributed by atoms with Crippen molar-refractivity contribution >= 4 is 5.97 Å². The van der Waals surface area contributed by atoms with E-state index in [1.807, 2.05) is 0 Å². The van der Waals surface area contributed by atoms with Gasteiger partial charge in [-0.2, -0.15) is 0 Å². The maximum absolute atomic E-state index is 11.9. The average Bonchev–Trinajstić information content (AvgIpc) is 2.93. The number of ether oxygens (including phenoxy) is 1. The van der Waals surface area contributed by atoms with Crippen LogP contribution in [0.5, 0.6) is 0 Å². The molecule has 39 heavy (non-hydrogen) atoms. The van der Waals surface area contributed by atoms with E-state index in [0.717, 1.165) is 44.9 Å². The van der Waals surface area contributed by atoms with E-state index in [1.165, 1.54) is 148 Å². The van der Waals surface area contributed by atoms with Crippen LogP contribution in [0, 0.1) is 0 Å². The van der Waals surface area contributed by atoms with Crippen LogP contribution in [0.4, 0.5) is 0 Å². The van der Waals surface area contributed by atoms with Crippen LogP contribution in [0.25, 0.3) is 0 Å². The summed E-state index contributed by atoms with van der Waals surface area (Å²) >= 11 is 0. The fraction of sp³-hybridized carbons (Fsp3) is 0.972. The molecule has 1 atom stereocenters. The van der Waals surface area contributed by atoms with Gasteiger partial charge < -0.3 is 9.84 Å². The molecule has 1 N–H and O–H groups in total. The van der Waals surface area contributed by atoms with Crippen molar-refractivity contribution in [3.63, 3.8) is 0 Å². The van der Waals surface area contributed by atoms with E-state index in [9.17, 15) is 9.90 Å². The highest BCUT2D eigenvalue weighted by Crippen LogP contribution is 2.16. The summed E-state index contributed by atoms with van der Waals surface area (Å²) in [5.41, 5.74) is 0. The quantitative estimate of drug-likeness (QED) is 0.0650. The summed E-state index contributed by atoms with van der Waals surface area (Å²) in [6.45, 7) is 5.15. The lowest BCUT2D eigenvalue weighted by atomic mass is 10.0.